The van der Waals surface area contributed by atoms with Crippen LogP contribution in [-0.2, 0) is 11.2 Å². The fraction of sp³-hybridized carbons (Fsp3) is 0.533. The Kier molecular flexibility index (Phi) is 6.82. The summed E-state index contributed by atoms with van der Waals surface area (Å²) in [5.74, 6) is 0.986. The van der Waals surface area contributed by atoms with Gasteiger partial charge in [0.25, 0.3) is 0 Å². The van der Waals surface area contributed by atoms with Crippen LogP contribution in [0.5, 0.6) is 5.75 Å². The van der Waals surface area contributed by atoms with Gasteiger partial charge in [0, 0.05) is 24.7 Å². The van der Waals surface area contributed by atoms with Gasteiger partial charge in [-0.1, -0.05) is 18.2 Å². The molecule has 1 aliphatic heterocycles. The molecule has 1 aromatic carbocycles. The predicted molar refractivity (Wildman–Crippen MR) is 82.6 cm³/mol. The molecule has 1 heterocycles. The van der Waals surface area contributed by atoms with E-state index in [0.29, 0.717) is 12.5 Å². The smallest absolute Gasteiger partial charge is 0.227 e. The number of carbonyl (C=O) groups excluding carboxylic acids is 1. The van der Waals surface area contributed by atoms with E-state index >= 15 is 0 Å². The molecule has 0 atom stereocenters. The molecule has 0 radical (unpaired) electrons. The molecule has 112 valence electrons. The number of hydrogen-bond donors (Lipinski definition) is 1. The number of methoxy groups -OCH3 is 1. The minimum Gasteiger partial charge on any atom is -0.496 e. The number of halogens is 1. The summed E-state index contributed by atoms with van der Waals surface area (Å²) in [6.07, 6.45) is 2.50. The average Bonchev–Trinajstić information content (AvgIpc) is 2.48. The summed E-state index contributed by atoms with van der Waals surface area (Å²) in [4.78, 5) is 14.2. The zero-order valence-electron chi connectivity index (χ0n) is 12.1. The summed E-state index contributed by atoms with van der Waals surface area (Å²) >= 11 is 0. The van der Waals surface area contributed by atoms with Crippen molar-refractivity contribution in [1.82, 2.24) is 10.2 Å². The molecule has 0 aliphatic carbocycles. The number of benzene rings is 1. The molecule has 1 aliphatic rings. The molecular formula is C15H23ClN2O2. The van der Waals surface area contributed by atoms with E-state index in [1.165, 1.54) is 0 Å². The van der Waals surface area contributed by atoms with Crippen LogP contribution in [0.15, 0.2) is 24.3 Å². The molecule has 1 aromatic rings. The number of para-hydroxylation sites is 1. The molecular weight excluding hydrogens is 276 g/mol. The number of nitrogens with zero attached hydrogens (tertiary/aromatic N) is 1. The molecule has 5 heteroatoms. The fourth-order valence-corrected chi connectivity index (χ4v) is 2.54. The Morgan fingerprint density at radius 3 is 2.60 bits per heavy atom. The Bertz CT molecular complexity index is 432. The zero-order chi connectivity index (χ0) is 13.7. The monoisotopic (exact) mass is 298 g/mol. The van der Waals surface area contributed by atoms with Crippen molar-refractivity contribution in [2.75, 3.05) is 27.2 Å². The highest BCUT2D eigenvalue weighted by molar-refractivity contribution is 5.85. The first kappa shape index (κ1) is 16.8. The maximum absolute atomic E-state index is 12.3. The van der Waals surface area contributed by atoms with Gasteiger partial charge < -0.3 is 15.0 Å². The van der Waals surface area contributed by atoms with E-state index in [4.69, 9.17) is 4.74 Å². The van der Waals surface area contributed by atoms with E-state index in [0.717, 1.165) is 37.2 Å². The highest BCUT2D eigenvalue weighted by Gasteiger charge is 2.22. The number of carbonyl (C=O) groups is 1. The van der Waals surface area contributed by atoms with Crippen molar-refractivity contribution in [3.8, 4) is 5.75 Å². The van der Waals surface area contributed by atoms with Crippen LogP contribution in [-0.4, -0.2) is 44.1 Å². The Labute approximate surface area is 126 Å². The molecule has 0 spiro atoms. The number of hydrogen-bond acceptors (Lipinski definition) is 3. The van der Waals surface area contributed by atoms with Gasteiger partial charge in [-0.3, -0.25) is 4.79 Å². The molecule has 1 fully saturated rings. The van der Waals surface area contributed by atoms with Crippen LogP contribution in [0.1, 0.15) is 18.4 Å². The number of amides is 1. The second kappa shape index (κ2) is 8.12. The standard InChI is InChI=1S/C15H22N2O2.ClH/c1-16-13-7-9-17(10-8-13)15(18)11-12-5-3-4-6-14(12)19-2;/h3-6,13,16H,7-11H2,1-2H3;1H. The van der Waals surface area contributed by atoms with Gasteiger partial charge in [-0.2, -0.15) is 0 Å². The molecule has 0 saturated carbocycles. The first-order valence-corrected chi connectivity index (χ1v) is 6.81. The third-order valence-electron chi connectivity index (χ3n) is 3.79. The van der Waals surface area contributed by atoms with Crippen LogP contribution in [0, 0.1) is 0 Å². The third-order valence-corrected chi connectivity index (χ3v) is 3.79. The highest BCUT2D eigenvalue weighted by Crippen LogP contribution is 2.19. The fourth-order valence-electron chi connectivity index (χ4n) is 2.54. The minimum absolute atomic E-state index is 0. The van der Waals surface area contributed by atoms with E-state index in [1.807, 2.05) is 36.2 Å². The first-order valence-electron chi connectivity index (χ1n) is 6.81. The van der Waals surface area contributed by atoms with Gasteiger partial charge in [-0.15, -0.1) is 12.4 Å². The Hall–Kier alpha value is -1.26. The van der Waals surface area contributed by atoms with E-state index in [9.17, 15) is 4.79 Å². The summed E-state index contributed by atoms with van der Waals surface area (Å²) in [5.41, 5.74) is 0.964. The lowest BCUT2D eigenvalue weighted by Gasteiger charge is -2.32. The summed E-state index contributed by atoms with van der Waals surface area (Å²) in [5, 5.41) is 3.27. The lowest BCUT2D eigenvalue weighted by atomic mass is 10.0. The van der Waals surface area contributed by atoms with Crippen molar-refractivity contribution in [3.05, 3.63) is 29.8 Å². The van der Waals surface area contributed by atoms with Crippen LogP contribution in [0.2, 0.25) is 0 Å². The number of likely N-dealkylation sites (tertiary alicyclic amines) is 1. The van der Waals surface area contributed by atoms with Gasteiger partial charge in [0.2, 0.25) is 5.91 Å². The molecule has 0 bridgehead atoms. The molecule has 1 amide bonds. The van der Waals surface area contributed by atoms with Gasteiger partial charge in [0.05, 0.1) is 13.5 Å². The van der Waals surface area contributed by atoms with E-state index in [2.05, 4.69) is 5.32 Å². The van der Waals surface area contributed by atoms with Crippen molar-refractivity contribution >= 4 is 18.3 Å². The zero-order valence-corrected chi connectivity index (χ0v) is 12.9. The minimum atomic E-state index is 0. The molecule has 0 unspecified atom stereocenters. The third kappa shape index (κ3) is 4.12. The van der Waals surface area contributed by atoms with E-state index < -0.39 is 0 Å². The van der Waals surface area contributed by atoms with Gasteiger partial charge in [0.1, 0.15) is 5.75 Å². The van der Waals surface area contributed by atoms with Gasteiger partial charge in [-0.05, 0) is 26.0 Å². The first-order chi connectivity index (χ1) is 9.24. The van der Waals surface area contributed by atoms with Gasteiger partial charge in [0.15, 0.2) is 0 Å². The van der Waals surface area contributed by atoms with Crippen LogP contribution >= 0.6 is 12.4 Å². The molecule has 2 rings (SSSR count). The molecule has 0 aromatic heterocycles. The number of rotatable bonds is 4. The van der Waals surface area contributed by atoms with Crippen molar-refractivity contribution in [2.24, 2.45) is 0 Å². The molecule has 1 N–H and O–H groups in total. The number of piperidine rings is 1. The average molecular weight is 299 g/mol. The molecule has 20 heavy (non-hydrogen) atoms. The largest absolute Gasteiger partial charge is 0.496 e. The topological polar surface area (TPSA) is 41.6 Å². The van der Waals surface area contributed by atoms with Crippen molar-refractivity contribution in [3.63, 3.8) is 0 Å². The van der Waals surface area contributed by atoms with Gasteiger partial charge in [-0.25, -0.2) is 0 Å². The number of nitrogens with one attached hydrogen (secondary N) is 1. The Balaban J connectivity index is 0.00000200. The van der Waals surface area contributed by atoms with Crippen LogP contribution in [0.3, 0.4) is 0 Å². The van der Waals surface area contributed by atoms with Crippen LogP contribution < -0.4 is 10.1 Å². The van der Waals surface area contributed by atoms with E-state index in [1.54, 1.807) is 7.11 Å². The quantitative estimate of drug-likeness (QED) is 0.923. The van der Waals surface area contributed by atoms with Crippen molar-refractivity contribution in [2.45, 2.75) is 25.3 Å². The van der Waals surface area contributed by atoms with Crippen molar-refractivity contribution < 1.29 is 9.53 Å². The van der Waals surface area contributed by atoms with Gasteiger partial charge >= 0.3 is 0 Å². The Morgan fingerprint density at radius 1 is 1.35 bits per heavy atom. The molecule has 4 nitrogen and oxygen atoms in total. The maximum Gasteiger partial charge on any atom is 0.227 e. The summed E-state index contributed by atoms with van der Waals surface area (Å²) in [6.45, 7) is 1.69. The number of ether oxygens (including phenoxy) is 1. The lowest BCUT2D eigenvalue weighted by molar-refractivity contribution is -0.131. The van der Waals surface area contributed by atoms with Crippen LogP contribution in [0.25, 0.3) is 0 Å². The second-order valence-electron chi connectivity index (χ2n) is 4.93. The summed E-state index contributed by atoms with van der Waals surface area (Å²) in [6, 6.07) is 8.27. The highest BCUT2D eigenvalue weighted by atomic mass is 35.5. The SMILES string of the molecule is CNC1CCN(C(=O)Cc2ccccc2OC)CC1.Cl. The molecule has 1 saturated heterocycles. The maximum atomic E-state index is 12.3. The van der Waals surface area contributed by atoms with E-state index in [-0.39, 0.29) is 18.3 Å². The second-order valence-corrected chi connectivity index (χ2v) is 4.93. The normalized spacial score (nSPS) is 15.6. The van der Waals surface area contributed by atoms with Crippen molar-refractivity contribution in [1.29, 1.82) is 0 Å². The Morgan fingerprint density at radius 2 is 2.00 bits per heavy atom. The summed E-state index contributed by atoms with van der Waals surface area (Å²) < 4.78 is 5.29. The summed E-state index contributed by atoms with van der Waals surface area (Å²) in [7, 11) is 3.62. The lowest BCUT2D eigenvalue weighted by Crippen LogP contribution is -2.44. The van der Waals surface area contributed by atoms with Crippen LogP contribution in [0.4, 0.5) is 0 Å². The predicted octanol–water partition coefficient (Wildman–Crippen LogP) is 1.87.